The lowest BCUT2D eigenvalue weighted by atomic mass is 10.2. The van der Waals surface area contributed by atoms with Crippen molar-refractivity contribution >= 4 is 38.5 Å². The lowest BCUT2D eigenvalue weighted by Gasteiger charge is -2.23. The summed E-state index contributed by atoms with van der Waals surface area (Å²) in [5, 5.41) is 3.50. The molecule has 23 heavy (non-hydrogen) atoms. The standard InChI is InChI=1S/C17H21N3O2S/c1-3-5-15(21)20-9-4-6-13(20)16(22)19-17-18-12-8-7-11(2)10-14(12)23-17/h7-8,10,13H,3-6,9H2,1-2H3,(H,18,19,22). The van der Waals surface area contributed by atoms with Crippen molar-refractivity contribution in [3.63, 3.8) is 0 Å². The average Bonchev–Trinajstić information content (AvgIpc) is 3.12. The monoisotopic (exact) mass is 331 g/mol. The molecule has 1 N–H and O–H groups in total. The Morgan fingerprint density at radius 2 is 2.26 bits per heavy atom. The van der Waals surface area contributed by atoms with Gasteiger partial charge < -0.3 is 10.2 Å². The fraction of sp³-hybridized carbons (Fsp3) is 0.471. The SMILES string of the molecule is CCCC(=O)N1CCCC1C(=O)Nc1nc2ccc(C)cc2s1. The van der Waals surface area contributed by atoms with Crippen molar-refractivity contribution in [1.82, 2.24) is 9.88 Å². The van der Waals surface area contributed by atoms with Crippen LogP contribution < -0.4 is 5.32 Å². The Labute approximate surface area is 139 Å². The number of aryl methyl sites for hydroxylation is 1. The van der Waals surface area contributed by atoms with Crippen molar-refractivity contribution in [1.29, 1.82) is 0 Å². The maximum atomic E-state index is 12.5. The third-order valence-electron chi connectivity index (χ3n) is 4.11. The molecule has 2 heterocycles. The van der Waals surface area contributed by atoms with Gasteiger partial charge in [0.15, 0.2) is 5.13 Å². The van der Waals surface area contributed by atoms with E-state index in [1.165, 1.54) is 16.9 Å². The van der Waals surface area contributed by atoms with Gasteiger partial charge in [-0.2, -0.15) is 0 Å². The summed E-state index contributed by atoms with van der Waals surface area (Å²) >= 11 is 1.47. The van der Waals surface area contributed by atoms with E-state index >= 15 is 0 Å². The maximum absolute atomic E-state index is 12.5. The summed E-state index contributed by atoms with van der Waals surface area (Å²) in [6.45, 7) is 4.69. The van der Waals surface area contributed by atoms with Gasteiger partial charge in [-0.1, -0.05) is 24.3 Å². The number of hydrogen-bond acceptors (Lipinski definition) is 4. The number of benzene rings is 1. The van der Waals surface area contributed by atoms with E-state index in [4.69, 9.17) is 0 Å². The number of likely N-dealkylation sites (tertiary alicyclic amines) is 1. The Morgan fingerprint density at radius 1 is 1.43 bits per heavy atom. The molecule has 0 aliphatic carbocycles. The van der Waals surface area contributed by atoms with Crippen molar-refractivity contribution < 1.29 is 9.59 Å². The molecule has 1 fully saturated rings. The Morgan fingerprint density at radius 3 is 3.04 bits per heavy atom. The number of carbonyl (C=O) groups excluding carboxylic acids is 2. The van der Waals surface area contributed by atoms with Gasteiger partial charge in [0.1, 0.15) is 6.04 Å². The molecule has 0 bridgehead atoms. The molecule has 1 saturated heterocycles. The lowest BCUT2D eigenvalue weighted by molar-refractivity contribution is -0.136. The molecule has 2 amide bonds. The van der Waals surface area contributed by atoms with Crippen LogP contribution in [0.5, 0.6) is 0 Å². The highest BCUT2D eigenvalue weighted by atomic mass is 32.1. The van der Waals surface area contributed by atoms with E-state index < -0.39 is 0 Å². The smallest absolute Gasteiger partial charge is 0.248 e. The van der Waals surface area contributed by atoms with Gasteiger partial charge in [0, 0.05) is 13.0 Å². The van der Waals surface area contributed by atoms with Crippen LogP contribution in [-0.2, 0) is 9.59 Å². The van der Waals surface area contributed by atoms with Gasteiger partial charge >= 0.3 is 0 Å². The van der Waals surface area contributed by atoms with Gasteiger partial charge in [0.2, 0.25) is 11.8 Å². The zero-order valence-corrected chi connectivity index (χ0v) is 14.3. The third-order valence-corrected chi connectivity index (χ3v) is 5.05. The number of rotatable bonds is 4. The molecule has 1 aromatic carbocycles. The number of amides is 2. The Hall–Kier alpha value is -1.95. The number of anilines is 1. The second kappa shape index (κ2) is 6.66. The first-order valence-corrected chi connectivity index (χ1v) is 8.87. The predicted molar refractivity (Wildman–Crippen MR) is 92.6 cm³/mol. The first kappa shape index (κ1) is 15.9. The summed E-state index contributed by atoms with van der Waals surface area (Å²) in [5.74, 6) is -0.0483. The van der Waals surface area contributed by atoms with Crippen molar-refractivity contribution in [2.75, 3.05) is 11.9 Å². The number of nitrogens with zero attached hydrogens (tertiary/aromatic N) is 2. The summed E-state index contributed by atoms with van der Waals surface area (Å²) < 4.78 is 1.06. The van der Waals surface area contributed by atoms with Crippen LogP contribution >= 0.6 is 11.3 Å². The van der Waals surface area contributed by atoms with Gasteiger partial charge in [-0.05, 0) is 43.9 Å². The Balaban J connectivity index is 1.73. The van der Waals surface area contributed by atoms with Crippen LogP contribution in [0.15, 0.2) is 18.2 Å². The second-order valence-corrected chi connectivity index (χ2v) is 7.01. The van der Waals surface area contributed by atoms with Crippen LogP contribution in [0.4, 0.5) is 5.13 Å². The van der Waals surface area contributed by atoms with Crippen LogP contribution in [0.2, 0.25) is 0 Å². The first-order valence-electron chi connectivity index (χ1n) is 8.06. The summed E-state index contributed by atoms with van der Waals surface area (Å²) in [5.41, 5.74) is 2.06. The fourth-order valence-corrected chi connectivity index (χ4v) is 3.94. The van der Waals surface area contributed by atoms with E-state index in [0.717, 1.165) is 29.5 Å². The molecule has 1 aromatic heterocycles. The minimum atomic E-state index is -0.359. The van der Waals surface area contributed by atoms with E-state index in [-0.39, 0.29) is 17.9 Å². The van der Waals surface area contributed by atoms with Gasteiger partial charge in [0.25, 0.3) is 0 Å². The highest BCUT2D eigenvalue weighted by Gasteiger charge is 2.33. The molecule has 6 heteroatoms. The highest BCUT2D eigenvalue weighted by molar-refractivity contribution is 7.22. The predicted octanol–water partition coefficient (Wildman–Crippen LogP) is 3.33. The quantitative estimate of drug-likeness (QED) is 0.934. The summed E-state index contributed by atoms with van der Waals surface area (Å²) in [6.07, 6.45) is 2.92. The molecule has 5 nitrogen and oxygen atoms in total. The zero-order valence-electron chi connectivity index (χ0n) is 13.5. The van der Waals surface area contributed by atoms with E-state index in [0.29, 0.717) is 18.1 Å². The molecule has 0 radical (unpaired) electrons. The summed E-state index contributed by atoms with van der Waals surface area (Å²) in [7, 11) is 0. The van der Waals surface area contributed by atoms with Gasteiger partial charge in [-0.3, -0.25) is 9.59 Å². The molecule has 122 valence electrons. The van der Waals surface area contributed by atoms with E-state index in [1.54, 1.807) is 4.90 Å². The van der Waals surface area contributed by atoms with Crippen molar-refractivity contribution in [3.8, 4) is 0 Å². The van der Waals surface area contributed by atoms with E-state index in [9.17, 15) is 9.59 Å². The maximum Gasteiger partial charge on any atom is 0.248 e. The Kier molecular flexibility index (Phi) is 4.61. The molecular weight excluding hydrogens is 310 g/mol. The molecule has 0 spiro atoms. The average molecular weight is 331 g/mol. The number of fused-ring (bicyclic) bond motifs is 1. The summed E-state index contributed by atoms with van der Waals surface area (Å²) in [6, 6.07) is 5.68. The molecule has 2 aromatic rings. The largest absolute Gasteiger partial charge is 0.331 e. The van der Waals surface area contributed by atoms with Crippen LogP contribution in [0.1, 0.15) is 38.2 Å². The van der Waals surface area contributed by atoms with E-state index in [1.807, 2.05) is 26.0 Å². The van der Waals surface area contributed by atoms with Crippen LogP contribution in [-0.4, -0.2) is 34.3 Å². The molecule has 0 saturated carbocycles. The molecule has 1 aliphatic heterocycles. The van der Waals surface area contributed by atoms with Gasteiger partial charge in [-0.15, -0.1) is 0 Å². The summed E-state index contributed by atoms with van der Waals surface area (Å²) in [4.78, 5) is 30.8. The normalized spacial score (nSPS) is 17.7. The van der Waals surface area contributed by atoms with Crippen LogP contribution in [0.25, 0.3) is 10.2 Å². The van der Waals surface area contributed by atoms with E-state index in [2.05, 4.69) is 16.4 Å². The molecule has 1 aliphatic rings. The van der Waals surface area contributed by atoms with Crippen LogP contribution in [0.3, 0.4) is 0 Å². The van der Waals surface area contributed by atoms with Crippen molar-refractivity contribution in [2.24, 2.45) is 0 Å². The van der Waals surface area contributed by atoms with Crippen LogP contribution in [0, 0.1) is 6.92 Å². The number of hydrogen-bond donors (Lipinski definition) is 1. The van der Waals surface area contributed by atoms with Gasteiger partial charge in [-0.25, -0.2) is 4.98 Å². The highest BCUT2D eigenvalue weighted by Crippen LogP contribution is 2.28. The topological polar surface area (TPSA) is 62.3 Å². The van der Waals surface area contributed by atoms with Crippen molar-refractivity contribution in [3.05, 3.63) is 23.8 Å². The van der Waals surface area contributed by atoms with Crippen molar-refractivity contribution in [2.45, 2.75) is 45.6 Å². The minimum absolute atomic E-state index is 0.0741. The third kappa shape index (κ3) is 3.37. The first-order chi connectivity index (χ1) is 11.1. The number of aromatic nitrogens is 1. The fourth-order valence-electron chi connectivity index (χ4n) is 2.97. The lowest BCUT2D eigenvalue weighted by Crippen LogP contribution is -2.43. The Bertz CT molecular complexity index is 741. The van der Waals surface area contributed by atoms with Gasteiger partial charge in [0.05, 0.1) is 10.2 Å². The number of thiazole rings is 1. The molecular formula is C17H21N3O2S. The zero-order chi connectivity index (χ0) is 16.4. The molecule has 1 unspecified atom stereocenters. The minimum Gasteiger partial charge on any atom is -0.331 e. The number of carbonyl (C=O) groups is 2. The number of nitrogens with one attached hydrogen (secondary N) is 1. The molecule has 1 atom stereocenters. The second-order valence-electron chi connectivity index (χ2n) is 5.97. The molecule has 3 rings (SSSR count).